The van der Waals surface area contributed by atoms with Crippen molar-refractivity contribution >= 4 is 23.3 Å². The summed E-state index contributed by atoms with van der Waals surface area (Å²) in [5.41, 5.74) is 1.85. The lowest BCUT2D eigenvalue weighted by atomic mass is 10.3. The molecule has 136 valence electrons. The average Bonchev–Trinajstić information content (AvgIpc) is 3.20. The summed E-state index contributed by atoms with van der Waals surface area (Å²) in [5.74, 6) is 0.846. The maximum absolute atomic E-state index is 5.65. The van der Waals surface area contributed by atoms with E-state index in [0.717, 1.165) is 43.2 Å². The van der Waals surface area contributed by atoms with Gasteiger partial charge in [-0.1, -0.05) is 23.4 Å². The van der Waals surface area contributed by atoms with Gasteiger partial charge in [-0.3, -0.25) is 9.47 Å². The minimum atomic E-state index is 0.508. The first-order chi connectivity index (χ1) is 12.8. The lowest BCUT2D eigenvalue weighted by Crippen LogP contribution is -2.37. The molecule has 0 unspecified atom stereocenters. The minimum Gasteiger partial charge on any atom is -0.379 e. The summed E-state index contributed by atoms with van der Waals surface area (Å²) in [4.78, 5) is 2.29. The van der Waals surface area contributed by atoms with Crippen LogP contribution in [0.15, 0.2) is 36.9 Å². The molecule has 1 saturated heterocycles. The highest BCUT2D eigenvalue weighted by Gasteiger charge is 2.16. The van der Waals surface area contributed by atoms with Crippen LogP contribution in [0.25, 0.3) is 11.0 Å². The van der Waals surface area contributed by atoms with Crippen LogP contribution in [0.5, 0.6) is 0 Å². The number of ether oxygens (including phenoxy) is 1. The molecule has 1 fully saturated rings. The maximum Gasteiger partial charge on any atom is 0.199 e. The number of rotatable bonds is 6. The van der Waals surface area contributed by atoms with Gasteiger partial charge in [-0.2, -0.15) is 5.10 Å². The molecule has 3 aromatic rings. The number of nitrogens with zero attached hydrogens (tertiary/aromatic N) is 7. The van der Waals surface area contributed by atoms with Gasteiger partial charge in [0.1, 0.15) is 12.1 Å². The Bertz CT molecular complexity index is 967. The SMILES string of the molecule is C=CCn1c(Cn2nnc3ccccc32)nn(CN2CCOCC2)c1=S. The maximum atomic E-state index is 5.65. The van der Waals surface area contributed by atoms with Gasteiger partial charge in [-0.25, -0.2) is 9.36 Å². The topological polar surface area (TPSA) is 65.9 Å². The van der Waals surface area contributed by atoms with E-state index in [-0.39, 0.29) is 0 Å². The molecule has 26 heavy (non-hydrogen) atoms. The predicted octanol–water partition coefficient (Wildman–Crippen LogP) is 1.68. The first-order valence-electron chi connectivity index (χ1n) is 8.62. The molecule has 0 radical (unpaired) electrons. The Hall–Kier alpha value is -2.36. The third-order valence-corrected chi connectivity index (χ3v) is 4.89. The second kappa shape index (κ2) is 7.48. The molecule has 8 nitrogen and oxygen atoms in total. The van der Waals surface area contributed by atoms with Crippen molar-refractivity contribution in [2.45, 2.75) is 19.8 Å². The van der Waals surface area contributed by atoms with Gasteiger partial charge in [0.05, 0.1) is 25.4 Å². The van der Waals surface area contributed by atoms with Crippen LogP contribution >= 0.6 is 12.2 Å². The van der Waals surface area contributed by atoms with E-state index in [0.29, 0.717) is 24.5 Å². The van der Waals surface area contributed by atoms with Gasteiger partial charge < -0.3 is 4.74 Å². The third-order valence-electron chi connectivity index (χ3n) is 4.46. The highest BCUT2D eigenvalue weighted by molar-refractivity contribution is 7.71. The summed E-state index contributed by atoms with van der Waals surface area (Å²) < 4.78 is 11.8. The van der Waals surface area contributed by atoms with Gasteiger partial charge in [0.15, 0.2) is 10.6 Å². The van der Waals surface area contributed by atoms with Crippen LogP contribution < -0.4 is 0 Å². The van der Waals surface area contributed by atoms with Crippen molar-refractivity contribution in [1.29, 1.82) is 0 Å². The van der Waals surface area contributed by atoms with Gasteiger partial charge in [0.2, 0.25) is 0 Å². The van der Waals surface area contributed by atoms with Gasteiger partial charge in [-0.15, -0.1) is 11.7 Å². The molecule has 1 aliphatic heterocycles. The Morgan fingerprint density at radius 2 is 2.00 bits per heavy atom. The van der Waals surface area contributed by atoms with E-state index in [1.54, 1.807) is 0 Å². The second-order valence-corrected chi connectivity index (χ2v) is 6.57. The molecule has 3 heterocycles. The minimum absolute atomic E-state index is 0.508. The van der Waals surface area contributed by atoms with Crippen molar-refractivity contribution in [3.8, 4) is 0 Å². The Morgan fingerprint density at radius 3 is 2.81 bits per heavy atom. The fourth-order valence-electron chi connectivity index (χ4n) is 3.11. The van der Waals surface area contributed by atoms with E-state index in [1.807, 2.05) is 44.3 Å². The fourth-order valence-corrected chi connectivity index (χ4v) is 3.39. The van der Waals surface area contributed by atoms with E-state index in [9.17, 15) is 0 Å². The van der Waals surface area contributed by atoms with E-state index in [1.165, 1.54) is 0 Å². The Kier molecular flexibility index (Phi) is 4.91. The number of hydrogen-bond acceptors (Lipinski definition) is 6. The zero-order valence-electron chi connectivity index (χ0n) is 14.5. The number of morpholine rings is 1. The second-order valence-electron chi connectivity index (χ2n) is 6.21. The molecule has 0 bridgehead atoms. The summed E-state index contributed by atoms with van der Waals surface area (Å²) in [7, 11) is 0. The lowest BCUT2D eigenvalue weighted by molar-refractivity contribution is 0.0209. The zero-order valence-corrected chi connectivity index (χ0v) is 15.3. The van der Waals surface area contributed by atoms with Crippen molar-refractivity contribution in [2.24, 2.45) is 0 Å². The van der Waals surface area contributed by atoms with Crippen LogP contribution in [0.2, 0.25) is 0 Å². The van der Waals surface area contributed by atoms with Crippen molar-refractivity contribution in [3.05, 3.63) is 47.5 Å². The molecule has 1 aliphatic rings. The summed E-state index contributed by atoms with van der Waals surface area (Å²) in [5, 5.41) is 13.2. The van der Waals surface area contributed by atoms with E-state index < -0.39 is 0 Å². The van der Waals surface area contributed by atoms with Gasteiger partial charge in [0, 0.05) is 19.6 Å². The van der Waals surface area contributed by atoms with Crippen molar-refractivity contribution < 1.29 is 4.74 Å². The summed E-state index contributed by atoms with van der Waals surface area (Å²) >= 11 is 5.65. The van der Waals surface area contributed by atoms with Crippen molar-refractivity contribution in [2.75, 3.05) is 26.3 Å². The molecule has 0 saturated carbocycles. The molecule has 9 heteroatoms. The molecular formula is C17H21N7OS. The molecule has 1 aromatic carbocycles. The monoisotopic (exact) mass is 371 g/mol. The molecule has 0 amide bonds. The lowest BCUT2D eigenvalue weighted by Gasteiger charge is -2.26. The Labute approximate surface area is 156 Å². The number of hydrogen-bond donors (Lipinski definition) is 0. The largest absolute Gasteiger partial charge is 0.379 e. The first kappa shape index (κ1) is 17.1. The smallest absolute Gasteiger partial charge is 0.199 e. The Balaban J connectivity index is 1.65. The van der Waals surface area contributed by atoms with Crippen LogP contribution in [0.4, 0.5) is 0 Å². The normalized spacial score (nSPS) is 15.5. The Morgan fingerprint density at radius 1 is 1.19 bits per heavy atom. The molecule has 0 atom stereocenters. The number of aromatic nitrogens is 6. The molecule has 0 N–H and O–H groups in total. The molecule has 0 spiro atoms. The van der Waals surface area contributed by atoms with E-state index in [4.69, 9.17) is 22.1 Å². The summed E-state index contributed by atoms with van der Waals surface area (Å²) in [6.45, 7) is 8.90. The van der Waals surface area contributed by atoms with Crippen LogP contribution in [0, 0.1) is 4.77 Å². The van der Waals surface area contributed by atoms with Crippen molar-refractivity contribution in [1.82, 2.24) is 34.2 Å². The number of benzene rings is 1. The standard InChI is InChI=1S/C17H21N7OS/c1-2-7-22-16(12-23-15-6-4-3-5-14(15)18-20-23)19-24(17(22)26)13-21-8-10-25-11-9-21/h2-6H,1,7-13H2. The fraction of sp³-hybridized carbons (Fsp3) is 0.412. The number of para-hydroxylation sites is 1. The highest BCUT2D eigenvalue weighted by atomic mass is 32.1. The highest BCUT2D eigenvalue weighted by Crippen LogP contribution is 2.13. The summed E-state index contributed by atoms with van der Waals surface area (Å²) in [6.07, 6.45) is 1.83. The quantitative estimate of drug-likeness (QED) is 0.485. The first-order valence-corrected chi connectivity index (χ1v) is 9.03. The van der Waals surface area contributed by atoms with Gasteiger partial charge in [-0.05, 0) is 24.4 Å². The zero-order chi connectivity index (χ0) is 17.9. The predicted molar refractivity (Wildman–Crippen MR) is 100 cm³/mol. The van der Waals surface area contributed by atoms with Crippen molar-refractivity contribution in [3.63, 3.8) is 0 Å². The van der Waals surface area contributed by atoms with Crippen LogP contribution in [0.1, 0.15) is 5.82 Å². The molecule has 4 rings (SSSR count). The number of fused-ring (bicyclic) bond motifs is 1. The molecular weight excluding hydrogens is 350 g/mol. The van der Waals surface area contributed by atoms with Gasteiger partial charge >= 0.3 is 0 Å². The van der Waals surface area contributed by atoms with Crippen LogP contribution in [-0.2, 0) is 24.5 Å². The van der Waals surface area contributed by atoms with Gasteiger partial charge in [0.25, 0.3) is 0 Å². The van der Waals surface area contributed by atoms with E-state index >= 15 is 0 Å². The molecule has 2 aromatic heterocycles. The third kappa shape index (κ3) is 3.33. The summed E-state index contributed by atoms with van der Waals surface area (Å²) in [6, 6.07) is 7.89. The number of allylic oxidation sites excluding steroid dienone is 1. The van der Waals surface area contributed by atoms with E-state index in [2.05, 4.69) is 21.8 Å². The molecule has 0 aliphatic carbocycles. The van der Waals surface area contributed by atoms with Crippen LogP contribution in [-0.4, -0.2) is 60.5 Å². The van der Waals surface area contributed by atoms with Crippen LogP contribution in [0.3, 0.4) is 0 Å². The average molecular weight is 371 g/mol.